The average Bonchev–Trinajstić information content (AvgIpc) is 2.74. The molecule has 4 nitrogen and oxygen atoms in total. The van der Waals surface area contributed by atoms with Crippen molar-refractivity contribution in [3.8, 4) is 5.88 Å². The monoisotopic (exact) mass is 221 g/mol. The Balaban J connectivity index is 2.01. The maximum absolute atomic E-state index is 5.36. The summed E-state index contributed by atoms with van der Waals surface area (Å²) in [5.41, 5.74) is 6.64. The minimum absolute atomic E-state index is 0.523. The van der Waals surface area contributed by atoms with Gasteiger partial charge in [-0.1, -0.05) is 6.07 Å². The van der Waals surface area contributed by atoms with E-state index in [2.05, 4.69) is 23.0 Å². The molecular weight excluding hydrogens is 202 g/mol. The van der Waals surface area contributed by atoms with Gasteiger partial charge in [0.05, 0.1) is 0 Å². The van der Waals surface area contributed by atoms with Crippen molar-refractivity contribution in [1.29, 1.82) is 0 Å². The Morgan fingerprint density at radius 3 is 3.00 bits per heavy atom. The lowest BCUT2D eigenvalue weighted by atomic mass is 10.1. The second kappa shape index (κ2) is 5.27. The van der Waals surface area contributed by atoms with Crippen LogP contribution in [0.15, 0.2) is 18.3 Å². The van der Waals surface area contributed by atoms with Gasteiger partial charge in [0.1, 0.15) is 6.61 Å². The number of nitrogens with zero attached hydrogens (tertiary/aromatic N) is 2. The van der Waals surface area contributed by atoms with Crippen molar-refractivity contribution in [1.82, 2.24) is 9.88 Å². The van der Waals surface area contributed by atoms with E-state index in [1.165, 1.54) is 24.9 Å². The number of rotatable bonds is 4. The van der Waals surface area contributed by atoms with E-state index in [-0.39, 0.29) is 0 Å². The highest BCUT2D eigenvalue weighted by molar-refractivity contribution is 5.21. The van der Waals surface area contributed by atoms with E-state index < -0.39 is 0 Å². The standard InChI is InChI=1S/C12H19N3O/c1-15-7-2-3-11(15)10-4-5-12(14-9-10)16-8-6-13/h4-5,9,11H,2-3,6-8,13H2,1H3/t11-/m0/s1. The highest BCUT2D eigenvalue weighted by Gasteiger charge is 2.22. The summed E-state index contributed by atoms with van der Waals surface area (Å²) >= 11 is 0. The van der Waals surface area contributed by atoms with Crippen molar-refractivity contribution in [3.05, 3.63) is 23.9 Å². The highest BCUT2D eigenvalue weighted by Crippen LogP contribution is 2.30. The molecular formula is C12H19N3O. The summed E-state index contributed by atoms with van der Waals surface area (Å²) in [5.74, 6) is 0.662. The van der Waals surface area contributed by atoms with Gasteiger partial charge in [0.2, 0.25) is 5.88 Å². The third kappa shape index (κ3) is 2.51. The van der Waals surface area contributed by atoms with Crippen LogP contribution in [0.1, 0.15) is 24.4 Å². The predicted octanol–water partition coefficient (Wildman–Crippen LogP) is 1.19. The molecule has 1 saturated heterocycles. The average molecular weight is 221 g/mol. The van der Waals surface area contributed by atoms with E-state index in [1.807, 2.05) is 12.3 Å². The first-order chi connectivity index (χ1) is 7.81. The minimum Gasteiger partial charge on any atom is -0.476 e. The molecule has 0 aliphatic carbocycles. The zero-order valence-corrected chi connectivity index (χ0v) is 9.72. The molecule has 1 aliphatic rings. The number of likely N-dealkylation sites (tertiary alicyclic amines) is 1. The van der Waals surface area contributed by atoms with Crippen LogP contribution in [-0.4, -0.2) is 36.6 Å². The first kappa shape index (κ1) is 11.4. The molecule has 88 valence electrons. The summed E-state index contributed by atoms with van der Waals surface area (Å²) in [6.45, 7) is 2.22. The van der Waals surface area contributed by atoms with Gasteiger partial charge in [-0.05, 0) is 32.0 Å². The Hall–Kier alpha value is -1.13. The van der Waals surface area contributed by atoms with Crippen molar-refractivity contribution in [3.63, 3.8) is 0 Å². The molecule has 16 heavy (non-hydrogen) atoms. The van der Waals surface area contributed by atoms with Gasteiger partial charge in [0.25, 0.3) is 0 Å². The number of aromatic nitrogens is 1. The van der Waals surface area contributed by atoms with Crippen LogP contribution in [0.3, 0.4) is 0 Å². The molecule has 1 aromatic rings. The third-order valence-electron chi connectivity index (χ3n) is 3.03. The fraction of sp³-hybridized carbons (Fsp3) is 0.583. The summed E-state index contributed by atoms with van der Waals surface area (Å²) in [6.07, 6.45) is 4.41. The first-order valence-corrected chi connectivity index (χ1v) is 5.80. The van der Waals surface area contributed by atoms with Gasteiger partial charge in [-0.15, -0.1) is 0 Å². The summed E-state index contributed by atoms with van der Waals surface area (Å²) in [4.78, 5) is 6.66. The molecule has 1 aromatic heterocycles. The lowest BCUT2D eigenvalue weighted by Crippen LogP contribution is -2.17. The predicted molar refractivity (Wildman–Crippen MR) is 63.4 cm³/mol. The zero-order valence-electron chi connectivity index (χ0n) is 9.72. The molecule has 4 heteroatoms. The van der Waals surface area contributed by atoms with E-state index in [4.69, 9.17) is 10.5 Å². The van der Waals surface area contributed by atoms with Crippen LogP contribution < -0.4 is 10.5 Å². The molecule has 0 bridgehead atoms. The maximum atomic E-state index is 5.36. The SMILES string of the molecule is CN1CCC[C@H]1c1ccc(OCCN)nc1. The molecule has 1 fully saturated rings. The van der Waals surface area contributed by atoms with Crippen LogP contribution in [-0.2, 0) is 0 Å². The molecule has 1 atom stereocenters. The van der Waals surface area contributed by atoms with Crippen molar-refractivity contribution in [2.75, 3.05) is 26.7 Å². The lowest BCUT2D eigenvalue weighted by Gasteiger charge is -2.19. The molecule has 2 rings (SSSR count). The van der Waals surface area contributed by atoms with Crippen molar-refractivity contribution in [2.45, 2.75) is 18.9 Å². The highest BCUT2D eigenvalue weighted by atomic mass is 16.5. The molecule has 2 N–H and O–H groups in total. The van der Waals surface area contributed by atoms with E-state index >= 15 is 0 Å². The number of ether oxygens (including phenoxy) is 1. The first-order valence-electron chi connectivity index (χ1n) is 5.80. The summed E-state index contributed by atoms with van der Waals surface area (Å²) in [7, 11) is 2.16. The molecule has 0 amide bonds. The van der Waals surface area contributed by atoms with Crippen molar-refractivity contribution in [2.24, 2.45) is 5.73 Å². The quantitative estimate of drug-likeness (QED) is 0.829. The van der Waals surface area contributed by atoms with Gasteiger partial charge < -0.3 is 10.5 Å². The second-order valence-corrected chi connectivity index (χ2v) is 4.21. The van der Waals surface area contributed by atoms with Gasteiger partial charge in [-0.2, -0.15) is 0 Å². The fourth-order valence-electron chi connectivity index (χ4n) is 2.17. The van der Waals surface area contributed by atoms with E-state index in [9.17, 15) is 0 Å². The van der Waals surface area contributed by atoms with Crippen LogP contribution in [0.4, 0.5) is 0 Å². The van der Waals surface area contributed by atoms with Gasteiger partial charge >= 0.3 is 0 Å². The topological polar surface area (TPSA) is 51.4 Å². The van der Waals surface area contributed by atoms with Crippen LogP contribution in [0, 0.1) is 0 Å². The number of nitrogens with two attached hydrogens (primary N) is 1. The summed E-state index contributed by atoms with van der Waals surface area (Å²) in [5, 5.41) is 0. The molecule has 0 spiro atoms. The Morgan fingerprint density at radius 2 is 2.44 bits per heavy atom. The van der Waals surface area contributed by atoms with Crippen LogP contribution in [0.2, 0.25) is 0 Å². The molecule has 0 radical (unpaired) electrons. The normalized spacial score (nSPS) is 21.2. The Kier molecular flexibility index (Phi) is 3.74. The van der Waals surface area contributed by atoms with E-state index in [1.54, 1.807) is 0 Å². The molecule has 0 unspecified atom stereocenters. The third-order valence-corrected chi connectivity index (χ3v) is 3.03. The minimum atomic E-state index is 0.523. The second-order valence-electron chi connectivity index (χ2n) is 4.21. The number of hydrogen-bond donors (Lipinski definition) is 1. The van der Waals surface area contributed by atoms with Crippen LogP contribution in [0.5, 0.6) is 5.88 Å². The van der Waals surface area contributed by atoms with Gasteiger partial charge in [-0.25, -0.2) is 4.98 Å². The van der Waals surface area contributed by atoms with E-state index in [0.29, 0.717) is 25.1 Å². The Bertz CT molecular complexity index is 326. The van der Waals surface area contributed by atoms with Gasteiger partial charge in [0, 0.05) is 24.8 Å². The molecule has 1 aliphatic heterocycles. The van der Waals surface area contributed by atoms with Crippen LogP contribution >= 0.6 is 0 Å². The lowest BCUT2D eigenvalue weighted by molar-refractivity contribution is 0.308. The Morgan fingerprint density at radius 1 is 1.56 bits per heavy atom. The smallest absolute Gasteiger partial charge is 0.213 e. The van der Waals surface area contributed by atoms with Crippen molar-refractivity contribution >= 4 is 0 Å². The fourth-order valence-corrected chi connectivity index (χ4v) is 2.17. The van der Waals surface area contributed by atoms with E-state index in [0.717, 1.165) is 0 Å². The van der Waals surface area contributed by atoms with Gasteiger partial charge in [0.15, 0.2) is 0 Å². The molecule has 2 heterocycles. The molecule has 0 saturated carbocycles. The maximum Gasteiger partial charge on any atom is 0.213 e. The zero-order chi connectivity index (χ0) is 11.4. The van der Waals surface area contributed by atoms with Gasteiger partial charge in [-0.3, -0.25) is 4.90 Å². The summed E-state index contributed by atoms with van der Waals surface area (Å²) < 4.78 is 5.35. The number of pyridine rings is 1. The number of hydrogen-bond acceptors (Lipinski definition) is 4. The summed E-state index contributed by atoms with van der Waals surface area (Å²) in [6, 6.07) is 4.55. The van der Waals surface area contributed by atoms with Crippen molar-refractivity contribution < 1.29 is 4.74 Å². The largest absolute Gasteiger partial charge is 0.476 e. The Labute approximate surface area is 96.4 Å². The molecule has 0 aromatic carbocycles. The van der Waals surface area contributed by atoms with Crippen LogP contribution in [0.25, 0.3) is 0 Å².